The van der Waals surface area contributed by atoms with Gasteiger partial charge in [0.25, 0.3) is 0 Å². The Morgan fingerprint density at radius 2 is 1.88 bits per heavy atom. The van der Waals surface area contributed by atoms with E-state index in [9.17, 15) is 0 Å². The number of rotatable bonds is 3. The second-order valence-corrected chi connectivity index (χ2v) is 5.74. The quantitative estimate of drug-likeness (QED) is 0.767. The lowest BCUT2D eigenvalue weighted by Crippen LogP contribution is -2.37. The molecule has 0 radical (unpaired) electrons. The molecule has 0 amide bonds. The average molecular weight is 325 g/mol. The lowest BCUT2D eigenvalue weighted by Gasteiger charge is -2.26. The topological polar surface area (TPSA) is 95.0 Å². The molecule has 0 atom stereocenters. The highest BCUT2D eigenvalue weighted by Gasteiger charge is 2.17. The van der Waals surface area contributed by atoms with Gasteiger partial charge in [-0.2, -0.15) is 15.0 Å². The van der Waals surface area contributed by atoms with Crippen molar-refractivity contribution in [1.82, 2.24) is 24.5 Å². The van der Waals surface area contributed by atoms with E-state index in [0.29, 0.717) is 31.5 Å². The molecule has 124 valence electrons. The molecule has 1 aliphatic heterocycles. The van der Waals surface area contributed by atoms with E-state index in [1.807, 2.05) is 31.2 Å². The maximum atomic E-state index is 5.90. The minimum Gasteiger partial charge on any atom is -0.378 e. The predicted octanol–water partition coefficient (Wildman–Crippen LogP) is 0.997. The highest BCUT2D eigenvalue weighted by molar-refractivity contribution is 5.75. The summed E-state index contributed by atoms with van der Waals surface area (Å²) >= 11 is 0. The zero-order valence-electron chi connectivity index (χ0n) is 13.5. The number of nitrogens with two attached hydrogens (primary N) is 1. The van der Waals surface area contributed by atoms with E-state index < -0.39 is 0 Å². The van der Waals surface area contributed by atoms with E-state index in [1.54, 1.807) is 0 Å². The van der Waals surface area contributed by atoms with Gasteiger partial charge in [0.15, 0.2) is 5.82 Å². The van der Waals surface area contributed by atoms with Gasteiger partial charge in [-0.25, -0.2) is 4.98 Å². The number of fused-ring (bicyclic) bond motifs is 1. The second-order valence-electron chi connectivity index (χ2n) is 5.74. The SMILES string of the molecule is Cc1nc2ccccc2n1Cc1nc(N)nc(N2CCOCC2)n1. The van der Waals surface area contributed by atoms with E-state index in [1.165, 1.54) is 0 Å². The summed E-state index contributed by atoms with van der Waals surface area (Å²) < 4.78 is 7.46. The number of benzene rings is 1. The van der Waals surface area contributed by atoms with Crippen LogP contribution in [-0.4, -0.2) is 50.8 Å². The Balaban J connectivity index is 1.68. The van der Waals surface area contributed by atoms with Crippen LogP contribution in [0.15, 0.2) is 24.3 Å². The van der Waals surface area contributed by atoms with Crippen LogP contribution >= 0.6 is 0 Å². The third-order valence-corrected chi connectivity index (χ3v) is 4.13. The largest absolute Gasteiger partial charge is 0.378 e. The van der Waals surface area contributed by atoms with Gasteiger partial charge in [0, 0.05) is 13.1 Å². The molecule has 3 aromatic rings. The molecule has 2 aromatic heterocycles. The maximum Gasteiger partial charge on any atom is 0.230 e. The van der Waals surface area contributed by atoms with E-state index in [0.717, 1.165) is 29.9 Å². The van der Waals surface area contributed by atoms with Gasteiger partial charge in [0.05, 0.1) is 30.8 Å². The number of anilines is 2. The van der Waals surface area contributed by atoms with E-state index in [2.05, 4.69) is 29.4 Å². The highest BCUT2D eigenvalue weighted by Crippen LogP contribution is 2.18. The number of ether oxygens (including phenoxy) is 1. The fourth-order valence-electron chi connectivity index (χ4n) is 2.94. The van der Waals surface area contributed by atoms with Crippen molar-refractivity contribution in [2.24, 2.45) is 0 Å². The van der Waals surface area contributed by atoms with E-state index >= 15 is 0 Å². The van der Waals surface area contributed by atoms with Gasteiger partial charge >= 0.3 is 0 Å². The molecule has 24 heavy (non-hydrogen) atoms. The van der Waals surface area contributed by atoms with Crippen molar-refractivity contribution in [2.45, 2.75) is 13.5 Å². The average Bonchev–Trinajstić information content (AvgIpc) is 2.91. The number of imidazole rings is 1. The monoisotopic (exact) mass is 325 g/mol. The Hall–Kier alpha value is -2.74. The van der Waals surface area contributed by atoms with Crippen LogP contribution in [0.5, 0.6) is 0 Å². The fourth-order valence-corrected chi connectivity index (χ4v) is 2.94. The van der Waals surface area contributed by atoms with Gasteiger partial charge in [0.2, 0.25) is 11.9 Å². The first-order chi connectivity index (χ1) is 11.7. The molecule has 2 N–H and O–H groups in total. The highest BCUT2D eigenvalue weighted by atomic mass is 16.5. The number of aromatic nitrogens is 5. The number of hydrogen-bond donors (Lipinski definition) is 1. The van der Waals surface area contributed by atoms with Gasteiger partial charge in [0.1, 0.15) is 5.82 Å². The number of hydrogen-bond acceptors (Lipinski definition) is 7. The van der Waals surface area contributed by atoms with Crippen molar-refractivity contribution in [3.05, 3.63) is 35.9 Å². The Morgan fingerprint density at radius 1 is 1.08 bits per heavy atom. The van der Waals surface area contributed by atoms with Crippen molar-refractivity contribution >= 4 is 22.9 Å². The zero-order valence-corrected chi connectivity index (χ0v) is 13.5. The van der Waals surface area contributed by atoms with Crippen molar-refractivity contribution < 1.29 is 4.74 Å². The molecule has 8 heteroatoms. The Bertz CT molecular complexity index is 870. The molecule has 0 unspecified atom stereocenters. The lowest BCUT2D eigenvalue weighted by molar-refractivity contribution is 0.122. The minimum atomic E-state index is 0.239. The van der Waals surface area contributed by atoms with Crippen molar-refractivity contribution in [1.29, 1.82) is 0 Å². The van der Waals surface area contributed by atoms with Crippen LogP contribution in [0, 0.1) is 6.92 Å². The van der Waals surface area contributed by atoms with Crippen molar-refractivity contribution in [3.8, 4) is 0 Å². The molecule has 1 aliphatic rings. The Kier molecular flexibility index (Phi) is 3.73. The standard InChI is InChI=1S/C16H19N7O/c1-11-18-12-4-2-3-5-13(12)23(11)10-14-19-15(17)21-16(20-14)22-6-8-24-9-7-22/h2-5H,6-10H2,1H3,(H2,17,19,20,21). The molecule has 8 nitrogen and oxygen atoms in total. The molecular formula is C16H19N7O. The molecule has 0 spiro atoms. The molecule has 1 aromatic carbocycles. The van der Waals surface area contributed by atoms with Crippen LogP contribution in [0.2, 0.25) is 0 Å². The molecule has 4 rings (SSSR count). The van der Waals surface area contributed by atoms with Gasteiger partial charge in [-0.3, -0.25) is 0 Å². The smallest absolute Gasteiger partial charge is 0.230 e. The summed E-state index contributed by atoms with van der Waals surface area (Å²) in [5.74, 6) is 2.41. The summed E-state index contributed by atoms with van der Waals surface area (Å²) in [5.41, 5.74) is 7.92. The summed E-state index contributed by atoms with van der Waals surface area (Å²) in [7, 11) is 0. The van der Waals surface area contributed by atoms with Gasteiger partial charge in [-0.1, -0.05) is 12.1 Å². The van der Waals surface area contributed by atoms with Crippen LogP contribution in [0.1, 0.15) is 11.6 Å². The normalized spacial score (nSPS) is 15.1. The molecular weight excluding hydrogens is 306 g/mol. The first-order valence-corrected chi connectivity index (χ1v) is 7.96. The first kappa shape index (κ1) is 14.8. The van der Waals surface area contributed by atoms with Gasteiger partial charge < -0.3 is 19.9 Å². The number of nitrogen functional groups attached to an aromatic ring is 1. The fraction of sp³-hybridized carbons (Fsp3) is 0.375. The van der Waals surface area contributed by atoms with Crippen LogP contribution in [0.25, 0.3) is 11.0 Å². The van der Waals surface area contributed by atoms with E-state index in [-0.39, 0.29) is 5.95 Å². The predicted molar refractivity (Wildman–Crippen MR) is 90.8 cm³/mol. The van der Waals surface area contributed by atoms with Crippen LogP contribution < -0.4 is 10.6 Å². The van der Waals surface area contributed by atoms with E-state index in [4.69, 9.17) is 10.5 Å². The summed E-state index contributed by atoms with van der Waals surface area (Å²) in [5, 5.41) is 0. The number of aryl methyl sites for hydroxylation is 1. The molecule has 0 bridgehead atoms. The molecule has 0 saturated carbocycles. The zero-order chi connectivity index (χ0) is 16.5. The van der Waals surface area contributed by atoms with Gasteiger partial charge in [-0.15, -0.1) is 0 Å². The van der Waals surface area contributed by atoms with Crippen molar-refractivity contribution in [3.63, 3.8) is 0 Å². The lowest BCUT2D eigenvalue weighted by atomic mass is 10.3. The minimum absolute atomic E-state index is 0.239. The van der Waals surface area contributed by atoms with Gasteiger partial charge in [-0.05, 0) is 19.1 Å². The molecule has 0 aliphatic carbocycles. The molecule has 1 fully saturated rings. The third-order valence-electron chi connectivity index (χ3n) is 4.13. The molecule has 3 heterocycles. The summed E-state index contributed by atoms with van der Waals surface area (Å²) in [4.78, 5) is 19.8. The maximum absolute atomic E-state index is 5.90. The Morgan fingerprint density at radius 3 is 2.71 bits per heavy atom. The second kappa shape index (κ2) is 6.04. The first-order valence-electron chi connectivity index (χ1n) is 7.96. The van der Waals surface area contributed by atoms with Crippen LogP contribution in [0.4, 0.5) is 11.9 Å². The van der Waals surface area contributed by atoms with Crippen molar-refractivity contribution in [2.75, 3.05) is 36.9 Å². The number of para-hydroxylation sites is 2. The third kappa shape index (κ3) is 2.76. The number of morpholine rings is 1. The summed E-state index contributed by atoms with van der Waals surface area (Å²) in [6.45, 7) is 5.36. The summed E-state index contributed by atoms with van der Waals surface area (Å²) in [6.07, 6.45) is 0. The Labute approximate surface area is 139 Å². The van der Waals surface area contributed by atoms with Crippen LogP contribution in [0.3, 0.4) is 0 Å². The van der Waals surface area contributed by atoms with Crippen LogP contribution in [-0.2, 0) is 11.3 Å². The number of nitrogens with zero attached hydrogens (tertiary/aromatic N) is 6. The molecule has 1 saturated heterocycles. The summed E-state index contributed by atoms with van der Waals surface area (Å²) in [6, 6.07) is 8.03.